The standard InChI is InChI=1S/C14H26N12O/c15-9-21-10(16)23-12(22-9)18-5-1-2-6-19-13-24-11(17)25-14(26-13)20-7-3-4-8-27/h27H,1-8H2,(H5,15,16,18,21,22,23)(H4,17,19,20,24,25,26). The van der Waals surface area contributed by atoms with Gasteiger partial charge in [0.1, 0.15) is 0 Å². The van der Waals surface area contributed by atoms with Crippen molar-refractivity contribution in [2.75, 3.05) is 59.4 Å². The van der Waals surface area contributed by atoms with Crippen molar-refractivity contribution in [3.05, 3.63) is 0 Å². The lowest BCUT2D eigenvalue weighted by Crippen LogP contribution is -2.14. The van der Waals surface area contributed by atoms with Crippen LogP contribution in [0.3, 0.4) is 0 Å². The first-order chi connectivity index (χ1) is 13.1. The van der Waals surface area contributed by atoms with Gasteiger partial charge in [0.25, 0.3) is 0 Å². The molecule has 0 aliphatic carbocycles. The number of unbranched alkanes of at least 4 members (excludes halogenated alkanes) is 2. The van der Waals surface area contributed by atoms with Crippen LogP contribution in [0.1, 0.15) is 25.7 Å². The molecule has 0 aliphatic heterocycles. The lowest BCUT2D eigenvalue weighted by atomic mass is 10.3. The minimum atomic E-state index is 0.0832. The van der Waals surface area contributed by atoms with Gasteiger partial charge < -0.3 is 38.3 Å². The molecule has 0 aromatic carbocycles. The summed E-state index contributed by atoms with van der Waals surface area (Å²) in [7, 11) is 0. The monoisotopic (exact) mass is 378 g/mol. The molecular formula is C14H26N12O. The molecule has 0 spiro atoms. The van der Waals surface area contributed by atoms with Crippen LogP contribution >= 0.6 is 0 Å². The fourth-order valence-electron chi connectivity index (χ4n) is 2.13. The first-order valence-corrected chi connectivity index (χ1v) is 8.68. The molecule has 2 aromatic rings. The summed E-state index contributed by atoms with van der Waals surface area (Å²) in [5, 5.41) is 18.0. The van der Waals surface area contributed by atoms with Crippen molar-refractivity contribution in [3.63, 3.8) is 0 Å². The van der Waals surface area contributed by atoms with E-state index in [-0.39, 0.29) is 24.5 Å². The molecule has 2 aromatic heterocycles. The third kappa shape index (κ3) is 7.68. The van der Waals surface area contributed by atoms with Gasteiger partial charge >= 0.3 is 0 Å². The molecule has 0 amide bonds. The number of hydrogen-bond acceptors (Lipinski definition) is 13. The summed E-state index contributed by atoms with van der Waals surface area (Å²) in [5.41, 5.74) is 16.7. The van der Waals surface area contributed by atoms with Gasteiger partial charge in [-0.25, -0.2) is 0 Å². The number of anilines is 6. The zero-order chi connectivity index (χ0) is 19.5. The molecule has 2 heterocycles. The van der Waals surface area contributed by atoms with E-state index in [0.717, 1.165) is 25.7 Å². The van der Waals surface area contributed by atoms with Crippen molar-refractivity contribution < 1.29 is 5.11 Å². The summed E-state index contributed by atoms with van der Waals surface area (Å²) in [4.78, 5) is 23.9. The highest BCUT2D eigenvalue weighted by atomic mass is 16.2. The van der Waals surface area contributed by atoms with E-state index < -0.39 is 0 Å². The fourth-order valence-corrected chi connectivity index (χ4v) is 2.13. The molecule has 0 unspecified atom stereocenters. The summed E-state index contributed by atoms with van der Waals surface area (Å²) in [6.45, 7) is 2.14. The lowest BCUT2D eigenvalue weighted by molar-refractivity contribution is 0.286. The van der Waals surface area contributed by atoms with E-state index in [1.165, 1.54) is 0 Å². The number of rotatable bonds is 12. The molecule has 0 aliphatic rings. The van der Waals surface area contributed by atoms with Crippen LogP contribution in [0.15, 0.2) is 0 Å². The molecule has 0 fully saturated rings. The van der Waals surface area contributed by atoms with Crippen molar-refractivity contribution >= 4 is 35.7 Å². The minimum Gasteiger partial charge on any atom is -0.396 e. The van der Waals surface area contributed by atoms with E-state index in [2.05, 4.69) is 45.9 Å². The SMILES string of the molecule is Nc1nc(N)nc(NCCCCNc2nc(N)nc(NCCCCO)n2)n1. The Morgan fingerprint density at radius 1 is 0.556 bits per heavy atom. The van der Waals surface area contributed by atoms with Gasteiger partial charge in [-0.3, -0.25) is 0 Å². The Kier molecular flexibility index (Phi) is 7.96. The van der Waals surface area contributed by atoms with Crippen molar-refractivity contribution in [2.45, 2.75) is 25.7 Å². The second-order valence-corrected chi connectivity index (χ2v) is 5.63. The summed E-state index contributed by atoms with van der Waals surface area (Å²) in [5.74, 6) is 1.49. The molecule has 0 saturated carbocycles. The van der Waals surface area contributed by atoms with Crippen LogP contribution in [0.4, 0.5) is 35.7 Å². The molecule has 0 atom stereocenters. The van der Waals surface area contributed by atoms with E-state index >= 15 is 0 Å². The highest BCUT2D eigenvalue weighted by Crippen LogP contribution is 2.08. The maximum atomic E-state index is 8.78. The summed E-state index contributed by atoms with van der Waals surface area (Å²) < 4.78 is 0. The summed E-state index contributed by atoms with van der Waals surface area (Å²) in [6, 6.07) is 0. The summed E-state index contributed by atoms with van der Waals surface area (Å²) in [6.07, 6.45) is 3.24. The number of nitrogens with zero attached hydrogens (tertiary/aromatic N) is 6. The number of nitrogens with one attached hydrogen (secondary N) is 3. The van der Waals surface area contributed by atoms with Crippen LogP contribution in [0, 0.1) is 0 Å². The Morgan fingerprint density at radius 2 is 0.926 bits per heavy atom. The molecule has 13 nitrogen and oxygen atoms in total. The van der Waals surface area contributed by atoms with Crippen LogP contribution < -0.4 is 33.2 Å². The second-order valence-electron chi connectivity index (χ2n) is 5.63. The molecule has 0 radical (unpaired) electrons. The number of aliphatic hydroxyl groups is 1. The van der Waals surface area contributed by atoms with E-state index in [0.29, 0.717) is 37.5 Å². The Morgan fingerprint density at radius 3 is 1.37 bits per heavy atom. The molecule has 2 rings (SSSR count). The zero-order valence-corrected chi connectivity index (χ0v) is 15.0. The van der Waals surface area contributed by atoms with Gasteiger partial charge in [-0.05, 0) is 25.7 Å². The van der Waals surface area contributed by atoms with Crippen LogP contribution in [0.5, 0.6) is 0 Å². The third-order valence-electron chi connectivity index (χ3n) is 3.36. The van der Waals surface area contributed by atoms with Gasteiger partial charge in [-0.2, -0.15) is 29.9 Å². The number of aliphatic hydroxyl groups excluding tert-OH is 1. The molecule has 0 bridgehead atoms. The number of nitrogens with two attached hydrogens (primary N) is 3. The fraction of sp³-hybridized carbons (Fsp3) is 0.571. The number of aromatic nitrogens is 6. The quantitative estimate of drug-likeness (QED) is 0.228. The van der Waals surface area contributed by atoms with Crippen molar-refractivity contribution in [1.82, 2.24) is 29.9 Å². The van der Waals surface area contributed by atoms with Crippen LogP contribution in [0.2, 0.25) is 0 Å². The maximum absolute atomic E-state index is 8.78. The van der Waals surface area contributed by atoms with Crippen LogP contribution in [0.25, 0.3) is 0 Å². The first-order valence-electron chi connectivity index (χ1n) is 8.68. The Hall–Kier alpha value is -3.22. The van der Waals surface area contributed by atoms with Gasteiger partial charge in [0.15, 0.2) is 0 Å². The predicted molar refractivity (Wildman–Crippen MR) is 104 cm³/mol. The first kappa shape index (κ1) is 20.1. The topological polar surface area (TPSA) is 212 Å². The van der Waals surface area contributed by atoms with Crippen molar-refractivity contribution in [2.24, 2.45) is 0 Å². The van der Waals surface area contributed by atoms with Gasteiger partial charge in [0, 0.05) is 26.2 Å². The Bertz CT molecular complexity index is 692. The van der Waals surface area contributed by atoms with Gasteiger partial charge in [0.2, 0.25) is 35.7 Å². The van der Waals surface area contributed by atoms with E-state index in [9.17, 15) is 0 Å². The molecular weight excluding hydrogens is 352 g/mol. The maximum Gasteiger partial charge on any atom is 0.229 e. The average Bonchev–Trinajstić information content (AvgIpc) is 2.60. The number of nitrogen functional groups attached to an aromatic ring is 3. The van der Waals surface area contributed by atoms with Gasteiger partial charge in [0.05, 0.1) is 0 Å². The van der Waals surface area contributed by atoms with E-state index in [1.807, 2.05) is 0 Å². The van der Waals surface area contributed by atoms with Crippen LogP contribution in [-0.4, -0.2) is 61.3 Å². The van der Waals surface area contributed by atoms with E-state index in [4.69, 9.17) is 22.3 Å². The van der Waals surface area contributed by atoms with E-state index in [1.54, 1.807) is 0 Å². The molecule has 10 N–H and O–H groups in total. The van der Waals surface area contributed by atoms with Crippen LogP contribution in [-0.2, 0) is 0 Å². The highest BCUT2D eigenvalue weighted by molar-refractivity contribution is 5.40. The highest BCUT2D eigenvalue weighted by Gasteiger charge is 2.04. The summed E-state index contributed by atoms with van der Waals surface area (Å²) >= 11 is 0. The molecule has 0 saturated heterocycles. The third-order valence-corrected chi connectivity index (χ3v) is 3.36. The Labute approximate surface area is 156 Å². The van der Waals surface area contributed by atoms with Crippen molar-refractivity contribution in [1.29, 1.82) is 0 Å². The largest absolute Gasteiger partial charge is 0.396 e. The predicted octanol–water partition coefficient (Wildman–Crippen LogP) is -0.708. The van der Waals surface area contributed by atoms with Crippen molar-refractivity contribution in [3.8, 4) is 0 Å². The Balaban J connectivity index is 1.68. The lowest BCUT2D eigenvalue weighted by Gasteiger charge is -2.09. The minimum absolute atomic E-state index is 0.0832. The van der Waals surface area contributed by atoms with Gasteiger partial charge in [-0.1, -0.05) is 0 Å². The average molecular weight is 378 g/mol. The molecule has 13 heteroatoms. The zero-order valence-electron chi connectivity index (χ0n) is 15.0. The normalized spacial score (nSPS) is 10.6. The second kappa shape index (κ2) is 10.7. The molecule has 27 heavy (non-hydrogen) atoms. The number of hydrogen-bond donors (Lipinski definition) is 7. The smallest absolute Gasteiger partial charge is 0.229 e. The molecule has 148 valence electrons. The van der Waals surface area contributed by atoms with Gasteiger partial charge in [-0.15, -0.1) is 0 Å².